The highest BCUT2D eigenvalue weighted by atomic mass is 16.5. The molecule has 0 aromatic carbocycles. The first-order valence-electron chi connectivity index (χ1n) is 3.87. The van der Waals surface area contributed by atoms with E-state index >= 15 is 0 Å². The Morgan fingerprint density at radius 2 is 2.50 bits per heavy atom. The minimum atomic E-state index is 0.557. The van der Waals surface area contributed by atoms with Crippen LogP contribution in [0, 0.1) is 0 Å². The van der Waals surface area contributed by atoms with Crippen molar-refractivity contribution in [2.24, 2.45) is 5.73 Å². The van der Waals surface area contributed by atoms with E-state index < -0.39 is 0 Å². The molecule has 0 bridgehead atoms. The van der Waals surface area contributed by atoms with Gasteiger partial charge in [0.05, 0.1) is 12.5 Å². The SMILES string of the molecule is NCC1=COc2cnccc2C1. The van der Waals surface area contributed by atoms with E-state index in [0.29, 0.717) is 6.54 Å². The van der Waals surface area contributed by atoms with Crippen molar-refractivity contribution in [2.75, 3.05) is 6.54 Å². The quantitative estimate of drug-likeness (QED) is 0.666. The third-order valence-corrected chi connectivity index (χ3v) is 1.90. The number of ether oxygens (including phenoxy) is 1. The zero-order chi connectivity index (χ0) is 8.39. The fourth-order valence-electron chi connectivity index (χ4n) is 1.21. The van der Waals surface area contributed by atoms with Crippen LogP contribution in [0.25, 0.3) is 0 Å². The minimum Gasteiger partial charge on any atom is -0.463 e. The van der Waals surface area contributed by atoms with Crippen molar-refractivity contribution in [3.05, 3.63) is 35.9 Å². The standard InChI is InChI=1S/C9H10N2O/c10-4-7-3-8-1-2-11-5-9(8)12-6-7/h1-2,5-6H,3-4,10H2. The van der Waals surface area contributed by atoms with Gasteiger partial charge in [0.25, 0.3) is 0 Å². The molecule has 0 saturated carbocycles. The zero-order valence-electron chi connectivity index (χ0n) is 6.66. The second kappa shape index (κ2) is 2.95. The van der Waals surface area contributed by atoms with Crippen molar-refractivity contribution >= 4 is 0 Å². The average molecular weight is 162 g/mol. The van der Waals surface area contributed by atoms with Crippen molar-refractivity contribution in [2.45, 2.75) is 6.42 Å². The fourth-order valence-corrected chi connectivity index (χ4v) is 1.21. The van der Waals surface area contributed by atoms with Crippen molar-refractivity contribution in [1.29, 1.82) is 0 Å². The van der Waals surface area contributed by atoms with Crippen molar-refractivity contribution in [3.63, 3.8) is 0 Å². The number of nitrogens with two attached hydrogens (primary N) is 1. The lowest BCUT2D eigenvalue weighted by Gasteiger charge is -2.14. The molecular weight excluding hydrogens is 152 g/mol. The van der Waals surface area contributed by atoms with Crippen LogP contribution >= 0.6 is 0 Å². The van der Waals surface area contributed by atoms with E-state index in [4.69, 9.17) is 10.5 Å². The maximum absolute atomic E-state index is 5.50. The lowest BCUT2D eigenvalue weighted by molar-refractivity contribution is 0.453. The molecule has 2 heterocycles. The van der Waals surface area contributed by atoms with Crippen LogP contribution in [0.2, 0.25) is 0 Å². The largest absolute Gasteiger partial charge is 0.463 e. The second-order valence-corrected chi connectivity index (χ2v) is 2.76. The van der Waals surface area contributed by atoms with Crippen LogP contribution in [0.1, 0.15) is 5.56 Å². The number of pyridine rings is 1. The van der Waals surface area contributed by atoms with Gasteiger partial charge in [-0.05, 0) is 11.6 Å². The molecule has 0 aliphatic carbocycles. The third-order valence-electron chi connectivity index (χ3n) is 1.90. The molecule has 0 radical (unpaired) electrons. The molecule has 0 atom stereocenters. The van der Waals surface area contributed by atoms with Gasteiger partial charge in [0.1, 0.15) is 5.75 Å². The predicted octanol–water partition coefficient (Wildman–Crippen LogP) is 0.859. The molecule has 12 heavy (non-hydrogen) atoms. The van der Waals surface area contributed by atoms with Gasteiger partial charge < -0.3 is 10.5 Å². The summed E-state index contributed by atoms with van der Waals surface area (Å²) in [5.74, 6) is 0.842. The Hall–Kier alpha value is -1.35. The average Bonchev–Trinajstić information content (AvgIpc) is 2.17. The van der Waals surface area contributed by atoms with Gasteiger partial charge in [-0.25, -0.2) is 0 Å². The Kier molecular flexibility index (Phi) is 1.80. The third kappa shape index (κ3) is 1.19. The summed E-state index contributed by atoms with van der Waals surface area (Å²) in [5, 5.41) is 0. The monoisotopic (exact) mass is 162 g/mol. The molecule has 2 rings (SSSR count). The summed E-state index contributed by atoms with van der Waals surface area (Å²) in [6.45, 7) is 0.557. The summed E-state index contributed by atoms with van der Waals surface area (Å²) >= 11 is 0. The Balaban J connectivity index is 2.31. The highest BCUT2D eigenvalue weighted by Gasteiger charge is 2.10. The van der Waals surface area contributed by atoms with Crippen LogP contribution in [0.4, 0.5) is 0 Å². The summed E-state index contributed by atoms with van der Waals surface area (Å²) in [7, 11) is 0. The number of nitrogens with zero attached hydrogens (tertiary/aromatic N) is 1. The number of fused-ring (bicyclic) bond motifs is 1. The van der Waals surface area contributed by atoms with E-state index in [9.17, 15) is 0 Å². The Morgan fingerprint density at radius 3 is 3.33 bits per heavy atom. The normalized spacial score (nSPS) is 14.6. The molecule has 0 unspecified atom stereocenters. The molecule has 0 amide bonds. The van der Waals surface area contributed by atoms with Crippen LogP contribution in [0.3, 0.4) is 0 Å². The summed E-state index contributed by atoms with van der Waals surface area (Å²) < 4.78 is 5.32. The smallest absolute Gasteiger partial charge is 0.148 e. The first kappa shape index (κ1) is 7.31. The molecule has 3 heteroatoms. The van der Waals surface area contributed by atoms with Crippen molar-refractivity contribution < 1.29 is 4.74 Å². The molecule has 62 valence electrons. The molecule has 1 aromatic rings. The van der Waals surface area contributed by atoms with E-state index in [-0.39, 0.29) is 0 Å². The Morgan fingerprint density at radius 1 is 1.58 bits per heavy atom. The van der Waals surface area contributed by atoms with Gasteiger partial charge in [-0.2, -0.15) is 0 Å². The number of hydrogen-bond acceptors (Lipinski definition) is 3. The molecule has 3 nitrogen and oxygen atoms in total. The number of hydrogen-bond donors (Lipinski definition) is 1. The molecule has 1 aliphatic heterocycles. The van der Waals surface area contributed by atoms with Gasteiger partial charge in [0.15, 0.2) is 0 Å². The molecule has 1 aliphatic rings. The van der Waals surface area contributed by atoms with E-state index in [1.54, 1.807) is 18.7 Å². The van der Waals surface area contributed by atoms with E-state index in [1.807, 2.05) is 6.07 Å². The first-order chi connectivity index (χ1) is 5.90. The number of aromatic nitrogens is 1. The van der Waals surface area contributed by atoms with Crippen LogP contribution in [-0.2, 0) is 6.42 Å². The molecule has 0 spiro atoms. The minimum absolute atomic E-state index is 0.557. The molecule has 0 fully saturated rings. The molecule has 0 saturated heterocycles. The van der Waals surface area contributed by atoms with Gasteiger partial charge in [0, 0.05) is 24.7 Å². The van der Waals surface area contributed by atoms with E-state index in [1.165, 1.54) is 0 Å². The van der Waals surface area contributed by atoms with Crippen LogP contribution in [-0.4, -0.2) is 11.5 Å². The van der Waals surface area contributed by atoms with E-state index in [0.717, 1.165) is 23.3 Å². The Labute approximate surface area is 70.9 Å². The van der Waals surface area contributed by atoms with Gasteiger partial charge in [-0.15, -0.1) is 0 Å². The zero-order valence-corrected chi connectivity index (χ0v) is 6.66. The molecule has 2 N–H and O–H groups in total. The summed E-state index contributed by atoms with van der Waals surface area (Å²) in [6, 6.07) is 1.96. The second-order valence-electron chi connectivity index (χ2n) is 2.76. The van der Waals surface area contributed by atoms with Crippen LogP contribution in [0.5, 0.6) is 5.75 Å². The predicted molar refractivity (Wildman–Crippen MR) is 45.7 cm³/mol. The highest BCUT2D eigenvalue weighted by Crippen LogP contribution is 2.24. The van der Waals surface area contributed by atoms with Crippen molar-refractivity contribution in [1.82, 2.24) is 4.98 Å². The maximum atomic E-state index is 5.50. The maximum Gasteiger partial charge on any atom is 0.148 e. The Bertz CT molecular complexity index is 320. The highest BCUT2D eigenvalue weighted by molar-refractivity contribution is 5.37. The fraction of sp³-hybridized carbons (Fsp3) is 0.222. The first-order valence-corrected chi connectivity index (χ1v) is 3.87. The van der Waals surface area contributed by atoms with Gasteiger partial charge in [-0.3, -0.25) is 4.98 Å². The molecular formula is C9H10N2O. The van der Waals surface area contributed by atoms with Gasteiger partial charge in [-0.1, -0.05) is 0 Å². The van der Waals surface area contributed by atoms with Crippen molar-refractivity contribution in [3.8, 4) is 5.75 Å². The van der Waals surface area contributed by atoms with Gasteiger partial charge in [0.2, 0.25) is 0 Å². The number of rotatable bonds is 1. The molecule has 1 aromatic heterocycles. The van der Waals surface area contributed by atoms with Crippen LogP contribution < -0.4 is 10.5 Å². The van der Waals surface area contributed by atoms with Gasteiger partial charge >= 0.3 is 0 Å². The summed E-state index contributed by atoms with van der Waals surface area (Å²) in [5.41, 5.74) is 7.78. The lowest BCUT2D eigenvalue weighted by Crippen LogP contribution is -2.11. The topological polar surface area (TPSA) is 48.1 Å². The lowest BCUT2D eigenvalue weighted by atomic mass is 10.1. The summed E-state index contributed by atoms with van der Waals surface area (Å²) in [4.78, 5) is 3.96. The summed E-state index contributed by atoms with van der Waals surface area (Å²) in [6.07, 6.45) is 6.08. The van der Waals surface area contributed by atoms with Crippen LogP contribution in [0.15, 0.2) is 30.3 Å². The van der Waals surface area contributed by atoms with E-state index in [2.05, 4.69) is 4.98 Å².